The van der Waals surface area contributed by atoms with Crippen LogP contribution in [-0.2, 0) is 0 Å². The Labute approximate surface area is 158 Å². The topological polar surface area (TPSA) is 56.7 Å². The molecule has 2 aromatic rings. The van der Waals surface area contributed by atoms with Gasteiger partial charge < -0.3 is 14.9 Å². The molecule has 0 aliphatic carbocycles. The van der Waals surface area contributed by atoms with Crippen LogP contribution >= 0.6 is 34.8 Å². The number of pyridine rings is 1. The summed E-state index contributed by atoms with van der Waals surface area (Å²) in [5.41, 5.74) is 1.01. The van der Waals surface area contributed by atoms with E-state index in [-0.39, 0.29) is 15.1 Å². The van der Waals surface area contributed by atoms with Gasteiger partial charge in [-0.1, -0.05) is 34.8 Å². The van der Waals surface area contributed by atoms with Crippen molar-refractivity contribution in [3.05, 3.63) is 45.3 Å². The first-order valence-corrected chi connectivity index (χ1v) is 8.54. The third-order valence-electron chi connectivity index (χ3n) is 4.04. The lowest BCUT2D eigenvalue weighted by Crippen LogP contribution is -2.48. The van der Waals surface area contributed by atoms with Gasteiger partial charge in [-0.2, -0.15) is 0 Å². The van der Waals surface area contributed by atoms with E-state index in [1.165, 1.54) is 11.0 Å². The molecule has 0 saturated carbocycles. The van der Waals surface area contributed by atoms with Crippen molar-refractivity contribution < 1.29 is 14.3 Å². The highest BCUT2D eigenvalue weighted by Gasteiger charge is 2.21. The molecular formula is C16H13Cl3FN3O2. The molecule has 0 bridgehead atoms. The van der Waals surface area contributed by atoms with Crippen LogP contribution in [0.2, 0.25) is 15.1 Å². The van der Waals surface area contributed by atoms with Gasteiger partial charge in [0, 0.05) is 43.5 Å². The first-order valence-electron chi connectivity index (χ1n) is 7.40. The van der Waals surface area contributed by atoms with Crippen LogP contribution in [0.4, 0.5) is 15.0 Å². The molecule has 1 aromatic carbocycles. The number of aromatic nitrogens is 1. The zero-order chi connectivity index (χ0) is 18.1. The maximum Gasteiger partial charge on any atom is 0.407 e. The number of carboxylic acid groups (broad SMARTS) is 1. The van der Waals surface area contributed by atoms with E-state index in [1.54, 1.807) is 18.3 Å². The first kappa shape index (κ1) is 18.0. The predicted molar refractivity (Wildman–Crippen MR) is 96.5 cm³/mol. The number of hydrogen-bond acceptors (Lipinski definition) is 3. The fraction of sp³-hybridized carbons (Fsp3) is 0.250. The Balaban J connectivity index is 1.81. The molecule has 5 nitrogen and oxygen atoms in total. The summed E-state index contributed by atoms with van der Waals surface area (Å²) >= 11 is 17.7. The zero-order valence-corrected chi connectivity index (χ0v) is 15.1. The van der Waals surface area contributed by atoms with Crippen molar-refractivity contribution in [3.8, 4) is 11.1 Å². The molecule has 1 aliphatic rings. The van der Waals surface area contributed by atoms with E-state index in [2.05, 4.69) is 4.98 Å². The van der Waals surface area contributed by atoms with Gasteiger partial charge in [0.05, 0.1) is 15.1 Å². The van der Waals surface area contributed by atoms with E-state index in [4.69, 9.17) is 39.9 Å². The second-order valence-corrected chi connectivity index (χ2v) is 6.67. The average Bonchev–Trinajstić information content (AvgIpc) is 2.63. The van der Waals surface area contributed by atoms with Crippen LogP contribution in [0.1, 0.15) is 0 Å². The summed E-state index contributed by atoms with van der Waals surface area (Å²) in [6.45, 7) is 1.95. The number of hydrogen-bond donors (Lipinski definition) is 1. The van der Waals surface area contributed by atoms with Gasteiger partial charge in [-0.3, -0.25) is 0 Å². The fourth-order valence-electron chi connectivity index (χ4n) is 2.64. The summed E-state index contributed by atoms with van der Waals surface area (Å²) in [7, 11) is 0. The van der Waals surface area contributed by atoms with Gasteiger partial charge in [0.25, 0.3) is 0 Å². The van der Waals surface area contributed by atoms with Crippen molar-refractivity contribution >= 4 is 46.7 Å². The maximum absolute atomic E-state index is 14.0. The second-order valence-electron chi connectivity index (χ2n) is 5.51. The monoisotopic (exact) mass is 403 g/mol. The Morgan fingerprint density at radius 3 is 2.36 bits per heavy atom. The van der Waals surface area contributed by atoms with Crippen LogP contribution in [0, 0.1) is 5.82 Å². The highest BCUT2D eigenvalue weighted by Crippen LogP contribution is 2.38. The van der Waals surface area contributed by atoms with E-state index in [9.17, 15) is 9.18 Å². The predicted octanol–water partition coefficient (Wildman–Crippen LogP) is 4.65. The third kappa shape index (κ3) is 3.61. The lowest BCUT2D eigenvalue weighted by molar-refractivity contribution is 0.142. The van der Waals surface area contributed by atoms with Crippen LogP contribution in [0.5, 0.6) is 0 Å². The summed E-state index contributed by atoms with van der Waals surface area (Å²) in [6.07, 6.45) is 0.656. The normalized spacial score (nSPS) is 14.7. The van der Waals surface area contributed by atoms with Crippen molar-refractivity contribution in [2.24, 2.45) is 0 Å². The van der Waals surface area contributed by atoms with Crippen LogP contribution in [-0.4, -0.2) is 47.3 Å². The molecular weight excluding hydrogens is 392 g/mol. The molecule has 9 heteroatoms. The smallest absolute Gasteiger partial charge is 0.407 e. The zero-order valence-electron chi connectivity index (χ0n) is 12.8. The highest BCUT2D eigenvalue weighted by molar-refractivity contribution is 6.44. The van der Waals surface area contributed by atoms with Gasteiger partial charge in [0.1, 0.15) is 5.82 Å². The Hall–Kier alpha value is -1.76. The fourth-order valence-corrected chi connectivity index (χ4v) is 3.29. The quantitative estimate of drug-likeness (QED) is 0.585. The number of halogens is 4. The number of anilines is 1. The van der Waals surface area contributed by atoms with E-state index in [0.29, 0.717) is 43.1 Å². The average molecular weight is 405 g/mol. The molecule has 1 N–H and O–H groups in total. The molecule has 2 heterocycles. The van der Waals surface area contributed by atoms with Gasteiger partial charge in [-0.05, 0) is 18.2 Å². The highest BCUT2D eigenvalue weighted by atomic mass is 35.5. The number of benzene rings is 1. The summed E-state index contributed by atoms with van der Waals surface area (Å²) < 4.78 is 14.0. The molecule has 1 aliphatic heterocycles. The van der Waals surface area contributed by atoms with Crippen molar-refractivity contribution in [3.63, 3.8) is 0 Å². The van der Waals surface area contributed by atoms with E-state index in [0.717, 1.165) is 0 Å². The standard InChI is InChI=1S/C16H13Cl3FN3O2/c17-11-7-10(13(18)15(20)14(11)19)9-1-2-12(21-8-9)22-3-5-23(6-4-22)16(24)25/h1-2,7-8H,3-6H2,(H,24,25). The lowest BCUT2D eigenvalue weighted by atomic mass is 10.1. The van der Waals surface area contributed by atoms with Crippen molar-refractivity contribution in [2.45, 2.75) is 0 Å². The molecule has 1 amide bonds. The molecule has 0 unspecified atom stereocenters. The molecule has 1 saturated heterocycles. The Kier molecular flexibility index (Phi) is 5.22. The van der Waals surface area contributed by atoms with Gasteiger partial charge in [0.15, 0.2) is 5.82 Å². The molecule has 132 valence electrons. The van der Waals surface area contributed by atoms with Crippen LogP contribution < -0.4 is 4.90 Å². The number of rotatable bonds is 2. The Morgan fingerprint density at radius 2 is 1.80 bits per heavy atom. The third-order valence-corrected chi connectivity index (χ3v) is 5.17. The molecule has 25 heavy (non-hydrogen) atoms. The van der Waals surface area contributed by atoms with E-state index >= 15 is 0 Å². The number of nitrogens with zero attached hydrogens (tertiary/aromatic N) is 3. The molecule has 0 atom stereocenters. The SMILES string of the molecule is O=C(O)N1CCN(c2ccc(-c3cc(Cl)c(Cl)c(F)c3Cl)cn2)CC1. The van der Waals surface area contributed by atoms with Crippen LogP contribution in [0.25, 0.3) is 11.1 Å². The second kappa shape index (κ2) is 7.23. The minimum atomic E-state index is -0.917. The minimum absolute atomic E-state index is 0.0763. The van der Waals surface area contributed by atoms with Gasteiger partial charge >= 0.3 is 6.09 Å². The van der Waals surface area contributed by atoms with Crippen molar-refractivity contribution in [1.29, 1.82) is 0 Å². The van der Waals surface area contributed by atoms with Crippen molar-refractivity contribution in [2.75, 3.05) is 31.1 Å². The van der Waals surface area contributed by atoms with Crippen LogP contribution in [0.15, 0.2) is 24.4 Å². The summed E-state index contributed by atoms with van der Waals surface area (Å²) in [4.78, 5) is 18.7. The largest absolute Gasteiger partial charge is 0.465 e. The Morgan fingerprint density at radius 1 is 1.12 bits per heavy atom. The molecule has 0 radical (unpaired) electrons. The number of amides is 1. The number of carbonyl (C=O) groups is 1. The summed E-state index contributed by atoms with van der Waals surface area (Å²) in [5.74, 6) is -0.0508. The van der Waals surface area contributed by atoms with E-state index in [1.807, 2.05) is 4.90 Å². The Bertz CT molecular complexity index is 809. The van der Waals surface area contributed by atoms with Gasteiger partial charge in [0.2, 0.25) is 0 Å². The number of piperazine rings is 1. The molecule has 3 rings (SSSR count). The lowest BCUT2D eigenvalue weighted by Gasteiger charge is -2.33. The summed E-state index contributed by atoms with van der Waals surface area (Å²) in [6, 6.07) is 5.04. The molecule has 0 spiro atoms. The van der Waals surface area contributed by atoms with Crippen molar-refractivity contribution in [1.82, 2.24) is 9.88 Å². The molecule has 1 aromatic heterocycles. The first-order chi connectivity index (χ1) is 11.9. The summed E-state index contributed by atoms with van der Waals surface area (Å²) in [5, 5.41) is 8.73. The van der Waals surface area contributed by atoms with Crippen LogP contribution in [0.3, 0.4) is 0 Å². The van der Waals surface area contributed by atoms with E-state index < -0.39 is 11.9 Å². The van der Waals surface area contributed by atoms with Gasteiger partial charge in [-0.25, -0.2) is 14.2 Å². The molecule has 1 fully saturated rings. The minimum Gasteiger partial charge on any atom is -0.465 e. The maximum atomic E-state index is 14.0. The van der Waals surface area contributed by atoms with Gasteiger partial charge in [-0.15, -0.1) is 0 Å².